The van der Waals surface area contributed by atoms with Crippen LogP contribution in [0.4, 0.5) is 5.69 Å². The molecule has 2 heterocycles. The minimum atomic E-state index is 0.0972. The average molecular weight is 346 g/mol. The van der Waals surface area contributed by atoms with Crippen molar-refractivity contribution < 1.29 is 4.79 Å². The smallest absolute Gasteiger partial charge is 0.223 e. The van der Waals surface area contributed by atoms with E-state index < -0.39 is 0 Å². The molecule has 2 fully saturated rings. The Morgan fingerprint density at radius 3 is 2.36 bits per heavy atom. The van der Waals surface area contributed by atoms with E-state index in [1.54, 1.807) is 0 Å². The number of likely N-dealkylation sites (N-methyl/N-ethyl adjacent to an activating group) is 2. The van der Waals surface area contributed by atoms with Gasteiger partial charge in [-0.15, -0.1) is 0 Å². The molecule has 7 heteroatoms. The quantitative estimate of drug-likeness (QED) is 0.568. The number of carbonyl (C=O) groups excluding carboxylic acids is 1. The lowest BCUT2D eigenvalue weighted by Gasteiger charge is -2.47. The first kappa shape index (κ1) is 18.1. The van der Waals surface area contributed by atoms with Crippen molar-refractivity contribution in [3.8, 4) is 0 Å². The third kappa shape index (κ3) is 3.79. The zero-order chi connectivity index (χ0) is 17.8. The van der Waals surface area contributed by atoms with Crippen molar-refractivity contribution in [2.24, 2.45) is 5.92 Å². The molecule has 3 rings (SSSR count). The van der Waals surface area contributed by atoms with Gasteiger partial charge in [-0.2, -0.15) is 0 Å². The van der Waals surface area contributed by atoms with E-state index in [-0.39, 0.29) is 24.2 Å². The average Bonchev–Trinajstić information content (AvgIpc) is 3.05. The maximum absolute atomic E-state index is 12.0. The molecule has 1 aromatic carbocycles. The highest BCUT2D eigenvalue weighted by Gasteiger charge is 2.33. The number of hydrazine groups is 1. The molecular weight excluding hydrogens is 316 g/mol. The van der Waals surface area contributed by atoms with Gasteiger partial charge in [-0.25, -0.2) is 5.01 Å². The van der Waals surface area contributed by atoms with Crippen LogP contribution in [0.5, 0.6) is 0 Å². The third-order valence-corrected chi connectivity index (χ3v) is 5.34. The third-order valence-electron chi connectivity index (χ3n) is 5.34. The summed E-state index contributed by atoms with van der Waals surface area (Å²) in [4.78, 5) is 14.4. The highest BCUT2D eigenvalue weighted by atomic mass is 16.2. The summed E-state index contributed by atoms with van der Waals surface area (Å²) in [6, 6.07) is 8.49. The number of nitrogens with zero attached hydrogens (tertiary/aromatic N) is 2. The first-order valence-electron chi connectivity index (χ1n) is 9.08. The summed E-state index contributed by atoms with van der Waals surface area (Å²) in [6.45, 7) is 2.56. The molecule has 0 aliphatic carbocycles. The highest BCUT2D eigenvalue weighted by molar-refractivity contribution is 5.81. The van der Waals surface area contributed by atoms with Gasteiger partial charge in [0.15, 0.2) is 0 Å². The minimum absolute atomic E-state index is 0.0972. The number of amides is 1. The fourth-order valence-corrected chi connectivity index (χ4v) is 3.95. The lowest BCUT2D eigenvalue weighted by atomic mass is 9.96. The van der Waals surface area contributed by atoms with Crippen LogP contribution >= 0.6 is 0 Å². The molecule has 1 amide bonds. The molecule has 0 aromatic heterocycles. The Balaban J connectivity index is 1.82. The number of hydrogen-bond acceptors (Lipinski definition) is 6. The van der Waals surface area contributed by atoms with Crippen molar-refractivity contribution in [3.63, 3.8) is 0 Å². The van der Waals surface area contributed by atoms with E-state index in [4.69, 9.17) is 0 Å². The molecule has 1 aromatic rings. The molecule has 0 bridgehead atoms. The van der Waals surface area contributed by atoms with E-state index in [9.17, 15) is 4.79 Å². The lowest BCUT2D eigenvalue weighted by Crippen LogP contribution is -2.69. The van der Waals surface area contributed by atoms with Gasteiger partial charge >= 0.3 is 0 Å². The summed E-state index contributed by atoms with van der Waals surface area (Å²) >= 11 is 0. The first-order chi connectivity index (χ1) is 12.2. The van der Waals surface area contributed by atoms with Crippen LogP contribution in [-0.4, -0.2) is 64.0 Å². The summed E-state index contributed by atoms with van der Waals surface area (Å²) in [5.41, 5.74) is 5.78. The van der Waals surface area contributed by atoms with Crippen LogP contribution in [-0.2, 0) is 11.2 Å². The van der Waals surface area contributed by atoms with Gasteiger partial charge in [0.05, 0.1) is 12.3 Å². The van der Waals surface area contributed by atoms with Gasteiger partial charge in [0.2, 0.25) is 5.91 Å². The Morgan fingerprint density at radius 1 is 1.12 bits per heavy atom. The second-order valence-corrected chi connectivity index (χ2v) is 6.75. The van der Waals surface area contributed by atoms with Crippen LogP contribution in [0.15, 0.2) is 24.3 Å². The van der Waals surface area contributed by atoms with Gasteiger partial charge < -0.3 is 20.9 Å². The van der Waals surface area contributed by atoms with E-state index in [0.717, 1.165) is 32.5 Å². The van der Waals surface area contributed by atoms with Crippen molar-refractivity contribution in [1.82, 2.24) is 26.4 Å². The monoisotopic (exact) mass is 346 g/mol. The Bertz CT molecular complexity index is 581. The fraction of sp³-hybridized carbons (Fsp3) is 0.611. The Hall–Kier alpha value is -1.67. The van der Waals surface area contributed by atoms with E-state index in [2.05, 4.69) is 55.6 Å². The summed E-state index contributed by atoms with van der Waals surface area (Å²) in [5.74, 6) is 0.288. The van der Waals surface area contributed by atoms with Crippen molar-refractivity contribution in [1.29, 1.82) is 0 Å². The van der Waals surface area contributed by atoms with Crippen LogP contribution in [0.25, 0.3) is 0 Å². The van der Waals surface area contributed by atoms with Crippen LogP contribution in [0, 0.1) is 5.92 Å². The summed E-state index contributed by atoms with van der Waals surface area (Å²) < 4.78 is 0. The maximum Gasteiger partial charge on any atom is 0.223 e. The standard InChI is InChI=1S/C18H30N6O/c1-19-16-11-23(12-17(20-2)24(16)21-3)15-7-5-4-6-13(15)10-14-8-9-22-18(14)25/h4-7,14,16-17,19-21H,8-12H2,1-3H3,(H,22,25). The number of carbonyl (C=O) groups is 1. The summed E-state index contributed by atoms with van der Waals surface area (Å²) in [5, 5.41) is 11.9. The molecule has 4 N–H and O–H groups in total. The number of anilines is 1. The SMILES string of the molecule is CNC1CN(c2ccccc2CC2CCNC2=O)CC(NC)N1NC. The van der Waals surface area contributed by atoms with E-state index in [1.165, 1.54) is 11.3 Å². The van der Waals surface area contributed by atoms with E-state index >= 15 is 0 Å². The number of benzene rings is 1. The lowest BCUT2D eigenvalue weighted by molar-refractivity contribution is -0.122. The van der Waals surface area contributed by atoms with Crippen molar-refractivity contribution in [2.75, 3.05) is 45.7 Å². The highest BCUT2D eigenvalue weighted by Crippen LogP contribution is 2.28. The Kier molecular flexibility index (Phi) is 5.90. The van der Waals surface area contributed by atoms with Crippen molar-refractivity contribution in [3.05, 3.63) is 29.8 Å². The summed E-state index contributed by atoms with van der Waals surface area (Å²) in [7, 11) is 5.93. The molecule has 0 spiro atoms. The molecule has 3 atom stereocenters. The van der Waals surface area contributed by atoms with Gasteiger partial charge in [0.25, 0.3) is 0 Å². The zero-order valence-corrected chi connectivity index (χ0v) is 15.4. The molecule has 25 heavy (non-hydrogen) atoms. The van der Waals surface area contributed by atoms with Crippen molar-refractivity contribution in [2.45, 2.75) is 25.2 Å². The van der Waals surface area contributed by atoms with Crippen molar-refractivity contribution >= 4 is 11.6 Å². The van der Waals surface area contributed by atoms with Gasteiger partial charge in [0.1, 0.15) is 0 Å². The maximum atomic E-state index is 12.0. The van der Waals surface area contributed by atoms with Gasteiger partial charge in [-0.05, 0) is 45.6 Å². The molecule has 0 saturated carbocycles. The first-order valence-corrected chi connectivity index (χ1v) is 9.08. The molecule has 2 aliphatic heterocycles. The second-order valence-electron chi connectivity index (χ2n) is 6.75. The van der Waals surface area contributed by atoms with Crippen LogP contribution in [0.2, 0.25) is 0 Å². The van der Waals surface area contributed by atoms with Gasteiger partial charge in [-0.1, -0.05) is 18.2 Å². The molecule has 3 unspecified atom stereocenters. The molecule has 7 nitrogen and oxygen atoms in total. The number of piperazine rings is 1. The van der Waals surface area contributed by atoms with Gasteiger partial charge in [-0.3, -0.25) is 10.2 Å². The van der Waals surface area contributed by atoms with Crippen LogP contribution in [0.1, 0.15) is 12.0 Å². The predicted octanol–water partition coefficient (Wildman–Crippen LogP) is -0.287. The molecular formula is C18H30N6O. The molecule has 0 radical (unpaired) electrons. The number of nitrogens with one attached hydrogen (secondary N) is 4. The largest absolute Gasteiger partial charge is 0.365 e. The Labute approximate surface area is 150 Å². The fourth-order valence-electron chi connectivity index (χ4n) is 3.95. The second kappa shape index (κ2) is 8.14. The zero-order valence-electron chi connectivity index (χ0n) is 15.4. The number of hydrogen-bond donors (Lipinski definition) is 4. The van der Waals surface area contributed by atoms with Gasteiger partial charge in [0, 0.05) is 31.2 Å². The molecule has 2 aliphatic rings. The van der Waals surface area contributed by atoms with E-state index in [1.807, 2.05) is 21.1 Å². The summed E-state index contributed by atoms with van der Waals surface area (Å²) in [6.07, 6.45) is 2.12. The normalized spacial score (nSPS) is 27.6. The number of para-hydroxylation sites is 1. The predicted molar refractivity (Wildman–Crippen MR) is 100 cm³/mol. The molecule has 2 saturated heterocycles. The molecule has 138 valence electrons. The van der Waals surface area contributed by atoms with Crippen LogP contribution in [0.3, 0.4) is 0 Å². The van der Waals surface area contributed by atoms with Crippen LogP contribution < -0.4 is 26.3 Å². The minimum Gasteiger partial charge on any atom is -0.365 e. The topological polar surface area (TPSA) is 71.7 Å². The number of rotatable bonds is 6. The van der Waals surface area contributed by atoms with E-state index in [0.29, 0.717) is 0 Å². The Morgan fingerprint density at radius 2 is 1.80 bits per heavy atom.